The molecule has 0 radical (unpaired) electrons. The number of carbonyl (C=O) groups excluding carboxylic acids is 4. The highest BCUT2D eigenvalue weighted by Gasteiger charge is 2.72. The fourth-order valence-corrected chi connectivity index (χ4v) is 8.93. The van der Waals surface area contributed by atoms with E-state index in [1.807, 2.05) is 0 Å². The number of ketones is 4. The van der Waals surface area contributed by atoms with E-state index in [9.17, 15) is 29.4 Å². The zero-order chi connectivity index (χ0) is 47.2. The monoisotopic (exact) mass is 910 g/mol. The summed E-state index contributed by atoms with van der Waals surface area (Å²) >= 11 is 0. The Hall–Kier alpha value is -8.40. The molecule has 8 aromatic rings. The Balaban J connectivity index is 0.937. The van der Waals surface area contributed by atoms with Crippen molar-refractivity contribution in [3.8, 4) is 34.5 Å². The maximum Gasteiger partial charge on any atom is 0.411 e. The van der Waals surface area contributed by atoms with Crippen LogP contribution in [-0.2, 0) is 5.41 Å². The molecule has 0 fully saturated rings. The highest BCUT2D eigenvalue weighted by atomic mass is 19.4. The number of aromatic nitrogens is 2. The molecule has 6 aromatic carbocycles. The standard InChI is InChI=1S/C51H28F6N2O8/c52-50(53,54)49(51(55,56)57,27-15-19-29(20-16-27)66-37-13-5-9-31-39(37)47(64)41(45(31)62)43-35(60)23-25-7-1-3-11-33(25)58-43)28-17-21-30(22-18-28)67-38-14-6-10-32-40(38)48(65)42(46(32)63)44-36(61)24-26-8-2-4-12-34(26)59-44/h1-24,41-42,60-61H. The van der Waals surface area contributed by atoms with E-state index in [1.54, 1.807) is 48.5 Å². The average molecular weight is 911 g/mol. The summed E-state index contributed by atoms with van der Waals surface area (Å²) < 4.78 is 103. The van der Waals surface area contributed by atoms with Crippen molar-refractivity contribution >= 4 is 44.9 Å². The van der Waals surface area contributed by atoms with Crippen molar-refractivity contribution in [3.05, 3.63) is 190 Å². The van der Waals surface area contributed by atoms with E-state index in [-0.39, 0.29) is 56.6 Å². The Morgan fingerprint density at radius 3 is 1.19 bits per heavy atom. The largest absolute Gasteiger partial charge is 0.506 e. The van der Waals surface area contributed by atoms with Crippen LogP contribution in [0.3, 0.4) is 0 Å². The van der Waals surface area contributed by atoms with Crippen LogP contribution in [0.5, 0.6) is 34.5 Å². The zero-order valence-corrected chi connectivity index (χ0v) is 34.0. The zero-order valence-electron chi connectivity index (χ0n) is 34.0. The topological polar surface area (TPSA) is 153 Å². The van der Waals surface area contributed by atoms with Crippen LogP contribution in [0.2, 0.25) is 0 Å². The van der Waals surface area contributed by atoms with Gasteiger partial charge < -0.3 is 19.7 Å². The summed E-state index contributed by atoms with van der Waals surface area (Å²) in [5, 5.41) is 22.7. The molecular weight excluding hydrogens is 883 g/mol. The van der Waals surface area contributed by atoms with Gasteiger partial charge in [-0.05, 0) is 71.8 Å². The number of hydrogen-bond acceptors (Lipinski definition) is 10. The predicted octanol–water partition coefficient (Wildman–Crippen LogP) is 11.5. The molecule has 0 saturated heterocycles. The lowest BCUT2D eigenvalue weighted by atomic mass is 9.73. The molecule has 10 rings (SSSR count). The number of aromatic hydroxyl groups is 2. The summed E-state index contributed by atoms with van der Waals surface area (Å²) in [6, 6.07) is 30.0. The summed E-state index contributed by atoms with van der Waals surface area (Å²) in [5.74, 6) is -7.86. The number of halogens is 6. The van der Waals surface area contributed by atoms with Gasteiger partial charge in [0.05, 0.1) is 22.2 Å². The first-order valence-electron chi connectivity index (χ1n) is 20.3. The minimum Gasteiger partial charge on any atom is -0.506 e. The lowest BCUT2D eigenvalue weighted by molar-refractivity contribution is -0.288. The second kappa shape index (κ2) is 15.4. The van der Waals surface area contributed by atoms with Crippen LogP contribution >= 0.6 is 0 Å². The highest BCUT2D eigenvalue weighted by Crippen LogP contribution is 2.57. The van der Waals surface area contributed by atoms with Crippen molar-refractivity contribution in [1.82, 2.24) is 9.97 Å². The number of fused-ring (bicyclic) bond motifs is 4. The third-order valence-electron chi connectivity index (χ3n) is 12.0. The lowest BCUT2D eigenvalue weighted by Crippen LogP contribution is -2.54. The second-order valence-corrected chi connectivity index (χ2v) is 15.8. The van der Waals surface area contributed by atoms with Gasteiger partial charge in [0.2, 0.25) is 5.41 Å². The molecule has 0 amide bonds. The number of Topliss-reactive ketones (excluding diaryl/α,β-unsaturated/α-hetero) is 4. The van der Waals surface area contributed by atoms with Crippen LogP contribution in [0.25, 0.3) is 21.8 Å². The van der Waals surface area contributed by atoms with Crippen LogP contribution in [0.4, 0.5) is 26.3 Å². The number of hydrogen-bond donors (Lipinski definition) is 2. The van der Waals surface area contributed by atoms with Crippen molar-refractivity contribution in [2.75, 3.05) is 0 Å². The molecule has 10 nitrogen and oxygen atoms in total. The Labute approximate surface area is 373 Å². The number of carbonyl (C=O) groups is 4. The fraction of sp³-hybridized carbons (Fsp3) is 0.0980. The minimum atomic E-state index is -5.98. The van der Waals surface area contributed by atoms with Crippen molar-refractivity contribution in [2.24, 2.45) is 0 Å². The van der Waals surface area contributed by atoms with Crippen molar-refractivity contribution in [3.63, 3.8) is 0 Å². The SMILES string of the molecule is O=C1c2cccc(Oc3ccc(C(c4ccc(Oc5cccc6c5C(=O)C(c5nc7ccccc7cc5O)C6=O)cc4)(C(F)(F)F)C(F)(F)F)cc3)c2C(=O)C1c1nc2ccccc2cc1O. The Kier molecular flexibility index (Phi) is 9.75. The van der Waals surface area contributed by atoms with E-state index in [0.717, 1.165) is 24.3 Å². The minimum absolute atomic E-state index is 0.0846. The number of nitrogens with zero attached hydrogens (tertiary/aromatic N) is 2. The number of benzene rings is 6. The normalized spacial score (nSPS) is 16.1. The second-order valence-electron chi connectivity index (χ2n) is 15.8. The van der Waals surface area contributed by atoms with Gasteiger partial charge in [-0.15, -0.1) is 0 Å². The molecule has 2 atom stereocenters. The summed E-state index contributed by atoms with van der Waals surface area (Å²) in [4.78, 5) is 63.6. The molecule has 2 aliphatic rings. The third-order valence-corrected chi connectivity index (χ3v) is 12.0. The summed E-state index contributed by atoms with van der Waals surface area (Å²) in [5.41, 5.74) is -7.26. The number of rotatable bonds is 8. The van der Waals surface area contributed by atoms with Gasteiger partial charge >= 0.3 is 12.4 Å². The first-order valence-corrected chi connectivity index (χ1v) is 20.3. The number of alkyl halides is 6. The van der Waals surface area contributed by atoms with E-state index in [2.05, 4.69) is 9.97 Å². The maximum absolute atomic E-state index is 15.2. The smallest absolute Gasteiger partial charge is 0.411 e. The van der Waals surface area contributed by atoms with Crippen LogP contribution in [0.1, 0.15) is 75.8 Å². The summed E-state index contributed by atoms with van der Waals surface area (Å²) in [7, 11) is 0. The van der Waals surface area contributed by atoms with Gasteiger partial charge in [0.15, 0.2) is 23.1 Å². The Morgan fingerprint density at radius 2 is 0.821 bits per heavy atom. The summed E-state index contributed by atoms with van der Waals surface area (Å²) in [6.07, 6.45) is -12.0. The number of ether oxygens (including phenoxy) is 2. The van der Waals surface area contributed by atoms with Crippen molar-refractivity contribution < 1.29 is 65.2 Å². The Morgan fingerprint density at radius 1 is 0.448 bits per heavy atom. The van der Waals surface area contributed by atoms with Crippen LogP contribution < -0.4 is 9.47 Å². The molecule has 2 N–H and O–H groups in total. The molecule has 0 spiro atoms. The van der Waals surface area contributed by atoms with E-state index >= 15 is 26.3 Å². The van der Waals surface area contributed by atoms with Crippen molar-refractivity contribution in [2.45, 2.75) is 29.6 Å². The van der Waals surface area contributed by atoms with Gasteiger partial charge in [-0.3, -0.25) is 19.2 Å². The van der Waals surface area contributed by atoms with E-state index in [1.165, 1.54) is 48.5 Å². The van der Waals surface area contributed by atoms with Gasteiger partial charge in [0, 0.05) is 21.9 Å². The van der Waals surface area contributed by atoms with Gasteiger partial charge in [0.1, 0.15) is 57.7 Å². The molecule has 332 valence electrons. The molecule has 16 heteroatoms. The third kappa shape index (κ3) is 6.65. The molecule has 2 heterocycles. The predicted molar refractivity (Wildman–Crippen MR) is 228 cm³/mol. The molecule has 0 bridgehead atoms. The van der Waals surface area contributed by atoms with Gasteiger partial charge in [-0.2, -0.15) is 26.3 Å². The van der Waals surface area contributed by atoms with Gasteiger partial charge in [-0.1, -0.05) is 84.9 Å². The van der Waals surface area contributed by atoms with Gasteiger partial charge in [-0.25, -0.2) is 9.97 Å². The maximum atomic E-state index is 15.2. The quantitative estimate of drug-likeness (QED) is 0.111. The molecule has 0 aliphatic heterocycles. The van der Waals surface area contributed by atoms with Crippen LogP contribution in [0, 0.1) is 0 Å². The Bertz CT molecular complexity index is 3180. The van der Waals surface area contributed by atoms with E-state index in [4.69, 9.17) is 9.47 Å². The number of pyridine rings is 2. The average Bonchev–Trinajstić information content (AvgIpc) is 3.70. The van der Waals surface area contributed by atoms with E-state index in [0.29, 0.717) is 46.1 Å². The molecule has 0 saturated carbocycles. The molecule has 2 unspecified atom stereocenters. The fourth-order valence-electron chi connectivity index (χ4n) is 8.93. The highest BCUT2D eigenvalue weighted by molar-refractivity contribution is 6.31. The van der Waals surface area contributed by atoms with Crippen LogP contribution in [-0.4, -0.2) is 55.7 Å². The van der Waals surface area contributed by atoms with Crippen molar-refractivity contribution in [1.29, 1.82) is 0 Å². The molecular formula is C51H28F6N2O8. The molecule has 67 heavy (non-hydrogen) atoms. The molecule has 2 aliphatic carbocycles. The first-order chi connectivity index (χ1) is 32.0. The van der Waals surface area contributed by atoms with Gasteiger partial charge in [0.25, 0.3) is 0 Å². The summed E-state index contributed by atoms with van der Waals surface area (Å²) in [6.45, 7) is 0. The molecule has 2 aromatic heterocycles. The first kappa shape index (κ1) is 42.5. The van der Waals surface area contributed by atoms with E-state index < -0.39 is 75.4 Å². The lowest BCUT2D eigenvalue weighted by Gasteiger charge is -2.38. The number of para-hydroxylation sites is 2. The van der Waals surface area contributed by atoms with Crippen LogP contribution in [0.15, 0.2) is 146 Å².